The van der Waals surface area contributed by atoms with E-state index >= 15 is 0 Å². The number of hydrogen-bond acceptors (Lipinski definition) is 5. The van der Waals surface area contributed by atoms with Crippen LogP contribution < -0.4 is 10.1 Å². The molecule has 5 aliphatic rings. The molecular formula is C25H29F4N5O3. The maximum atomic E-state index is 14.0. The summed E-state index contributed by atoms with van der Waals surface area (Å²) in [5.41, 5.74) is -0.525. The maximum absolute atomic E-state index is 14.0. The Hall–Kier alpha value is -3.18. The van der Waals surface area contributed by atoms with Crippen LogP contribution in [0.3, 0.4) is 0 Å². The fourth-order valence-electron chi connectivity index (χ4n) is 6.26. The minimum absolute atomic E-state index is 0.0487. The molecule has 4 aliphatic carbocycles. The normalized spacial score (nSPS) is 26.8. The van der Waals surface area contributed by atoms with Gasteiger partial charge in [-0.1, -0.05) is 0 Å². The summed E-state index contributed by atoms with van der Waals surface area (Å²) in [4.78, 5) is 28.6. The third-order valence-electron chi connectivity index (χ3n) is 8.34. The summed E-state index contributed by atoms with van der Waals surface area (Å²) in [5, 5.41) is 9.32. The van der Waals surface area contributed by atoms with Gasteiger partial charge in [-0.05, 0) is 62.8 Å². The first kappa shape index (κ1) is 25.5. The number of methoxy groups -OCH3 is 1. The number of ether oxygens (including phenoxy) is 1. The van der Waals surface area contributed by atoms with E-state index < -0.39 is 17.4 Å². The summed E-state index contributed by atoms with van der Waals surface area (Å²) in [5.74, 6) is -0.249. The van der Waals surface area contributed by atoms with E-state index in [0.29, 0.717) is 30.2 Å². The van der Waals surface area contributed by atoms with E-state index in [9.17, 15) is 27.2 Å². The van der Waals surface area contributed by atoms with Crippen LogP contribution in [0.5, 0.6) is 5.88 Å². The zero-order valence-corrected chi connectivity index (χ0v) is 20.5. The second kappa shape index (κ2) is 8.98. The Labute approximate surface area is 211 Å². The number of pyridine rings is 1. The van der Waals surface area contributed by atoms with E-state index in [1.165, 1.54) is 19.6 Å². The number of likely N-dealkylation sites (tertiary alicyclic amines) is 1. The Morgan fingerprint density at radius 2 is 1.95 bits per heavy atom. The minimum atomic E-state index is -4.05. The van der Waals surface area contributed by atoms with E-state index in [0.717, 1.165) is 38.4 Å². The Kier molecular flexibility index (Phi) is 6.18. The number of nitrogens with zero attached hydrogens (tertiary/aromatic N) is 3. The van der Waals surface area contributed by atoms with E-state index in [1.54, 1.807) is 6.07 Å². The molecule has 2 N–H and O–H groups in total. The number of piperidine rings is 1. The Morgan fingerprint density at radius 1 is 1.22 bits per heavy atom. The van der Waals surface area contributed by atoms with Gasteiger partial charge in [0.2, 0.25) is 12.3 Å². The Balaban J connectivity index is 0.000000182. The van der Waals surface area contributed by atoms with Crippen LogP contribution in [0.4, 0.5) is 17.6 Å². The quantitative estimate of drug-likeness (QED) is 0.436. The molecule has 5 fully saturated rings. The highest BCUT2D eigenvalue weighted by atomic mass is 19.4. The van der Waals surface area contributed by atoms with Crippen molar-refractivity contribution in [3.8, 4) is 17.1 Å². The molecule has 0 unspecified atom stereocenters. The fourth-order valence-corrected chi connectivity index (χ4v) is 6.26. The summed E-state index contributed by atoms with van der Waals surface area (Å²) in [7, 11) is 1.47. The maximum Gasteiger partial charge on any atom is 0.394 e. The zero-order chi connectivity index (χ0) is 26.5. The van der Waals surface area contributed by atoms with Gasteiger partial charge in [0.15, 0.2) is 5.82 Å². The summed E-state index contributed by atoms with van der Waals surface area (Å²) in [6.07, 6.45) is 3.64. The molecule has 2 amide bonds. The summed E-state index contributed by atoms with van der Waals surface area (Å²) >= 11 is 0. The van der Waals surface area contributed by atoms with Crippen LogP contribution in [0.1, 0.15) is 61.9 Å². The highest BCUT2D eigenvalue weighted by molar-refractivity contribution is 5.94. The lowest BCUT2D eigenvalue weighted by atomic mass is 9.35. The number of nitrogens with one attached hydrogen (secondary N) is 2. The molecular weight excluding hydrogens is 494 g/mol. The molecule has 3 heterocycles. The molecule has 4 saturated carbocycles. The number of halogens is 4. The van der Waals surface area contributed by atoms with Gasteiger partial charge in [0, 0.05) is 30.3 Å². The van der Waals surface area contributed by atoms with Crippen molar-refractivity contribution < 1.29 is 31.9 Å². The van der Waals surface area contributed by atoms with Gasteiger partial charge >= 0.3 is 6.18 Å². The number of rotatable bonds is 6. The van der Waals surface area contributed by atoms with Crippen molar-refractivity contribution in [2.24, 2.45) is 10.8 Å². The number of aromatic amines is 1. The molecule has 0 radical (unpaired) electrons. The van der Waals surface area contributed by atoms with Crippen molar-refractivity contribution in [3.63, 3.8) is 0 Å². The van der Waals surface area contributed by atoms with Crippen LogP contribution in [0.25, 0.3) is 11.3 Å². The molecule has 2 bridgehead atoms. The lowest BCUT2D eigenvalue weighted by Crippen LogP contribution is -2.70. The number of carbonyl (C=O) groups is 2. The third-order valence-corrected chi connectivity index (χ3v) is 8.34. The summed E-state index contributed by atoms with van der Waals surface area (Å²) in [6.45, 7) is 1.18. The predicted molar refractivity (Wildman–Crippen MR) is 124 cm³/mol. The molecule has 8 nitrogen and oxygen atoms in total. The highest BCUT2D eigenvalue weighted by Crippen LogP contribution is 2.78. The highest BCUT2D eigenvalue weighted by Gasteiger charge is 2.77. The predicted octanol–water partition coefficient (Wildman–Crippen LogP) is 4.24. The molecule has 1 saturated heterocycles. The van der Waals surface area contributed by atoms with Gasteiger partial charge in [0.25, 0.3) is 5.91 Å². The minimum Gasteiger partial charge on any atom is -0.481 e. The van der Waals surface area contributed by atoms with Crippen LogP contribution in [-0.2, 0) is 4.79 Å². The van der Waals surface area contributed by atoms with E-state index in [1.807, 2.05) is 4.90 Å². The summed E-state index contributed by atoms with van der Waals surface area (Å²) < 4.78 is 56.0. The standard InChI is InChI=1S/C17H19FN4O2.C8H10F3NO/c1-24-15-8-11(12(18)10-19-15)13-9-14(21-20-13)16(23)22-7-3-2-4-17(22)5-6-17;9-8(10,11)7-1-6(2-7,3-7)4-12-5-13/h8-10H,2-7H2,1H3,(H,20,21);5H,1-4H2,(H,12,13). The second-order valence-corrected chi connectivity index (χ2v) is 10.8. The number of aromatic nitrogens is 3. The monoisotopic (exact) mass is 523 g/mol. The summed E-state index contributed by atoms with van der Waals surface area (Å²) in [6, 6.07) is 3.08. The van der Waals surface area contributed by atoms with Crippen LogP contribution in [-0.4, -0.2) is 64.3 Å². The molecule has 12 heteroatoms. The van der Waals surface area contributed by atoms with Gasteiger partial charge in [-0.3, -0.25) is 14.7 Å². The van der Waals surface area contributed by atoms with Crippen molar-refractivity contribution >= 4 is 12.3 Å². The molecule has 37 heavy (non-hydrogen) atoms. The van der Waals surface area contributed by atoms with Crippen molar-refractivity contribution in [1.82, 2.24) is 25.4 Å². The second-order valence-electron chi connectivity index (χ2n) is 10.8. The number of H-pyrrole nitrogens is 1. The lowest BCUT2D eigenvalue weighted by molar-refractivity contribution is -0.360. The van der Waals surface area contributed by atoms with E-state index in [2.05, 4.69) is 20.5 Å². The van der Waals surface area contributed by atoms with Crippen LogP contribution >= 0.6 is 0 Å². The number of alkyl halides is 3. The van der Waals surface area contributed by atoms with Gasteiger partial charge in [-0.2, -0.15) is 18.3 Å². The van der Waals surface area contributed by atoms with Crippen molar-refractivity contribution in [2.45, 2.75) is 63.1 Å². The average molecular weight is 524 g/mol. The molecule has 200 valence electrons. The number of carbonyl (C=O) groups excluding carboxylic acids is 2. The number of amides is 2. The Bertz CT molecular complexity index is 1170. The topological polar surface area (TPSA) is 100 Å². The molecule has 2 aromatic rings. The van der Waals surface area contributed by atoms with E-state index in [4.69, 9.17) is 4.74 Å². The van der Waals surface area contributed by atoms with Gasteiger partial charge in [0.1, 0.15) is 5.69 Å². The van der Waals surface area contributed by atoms with E-state index in [-0.39, 0.29) is 41.7 Å². The molecule has 0 atom stereocenters. The zero-order valence-electron chi connectivity index (χ0n) is 20.5. The third kappa shape index (κ3) is 4.44. The first-order chi connectivity index (χ1) is 17.6. The average Bonchev–Trinajstić information content (AvgIpc) is 3.39. The van der Waals surface area contributed by atoms with Crippen LogP contribution in [0.2, 0.25) is 0 Å². The van der Waals surface area contributed by atoms with Crippen molar-refractivity contribution in [1.29, 1.82) is 0 Å². The molecule has 1 aliphatic heterocycles. The van der Waals surface area contributed by atoms with Gasteiger partial charge < -0.3 is 15.0 Å². The first-order valence-electron chi connectivity index (χ1n) is 12.4. The lowest BCUT2D eigenvalue weighted by Gasteiger charge is -2.70. The van der Waals surface area contributed by atoms with Gasteiger partial charge in [0.05, 0.1) is 24.4 Å². The smallest absolute Gasteiger partial charge is 0.394 e. The Morgan fingerprint density at radius 3 is 2.57 bits per heavy atom. The van der Waals surface area contributed by atoms with Crippen LogP contribution in [0.15, 0.2) is 18.3 Å². The van der Waals surface area contributed by atoms with Crippen molar-refractivity contribution in [2.75, 3.05) is 20.2 Å². The molecule has 1 spiro atoms. The fraction of sp³-hybridized carbons (Fsp3) is 0.600. The first-order valence-corrected chi connectivity index (χ1v) is 12.4. The molecule has 2 aromatic heterocycles. The number of hydrogen-bond donors (Lipinski definition) is 2. The molecule has 7 rings (SSSR count). The molecule has 0 aromatic carbocycles. The SMILES string of the molecule is COc1cc(-c2cc(C(=O)N3CCCCC34CC4)[nH]n2)c(F)cn1.O=CNCC12CC(C(F)(F)F)(C1)C2. The van der Waals surface area contributed by atoms with Crippen LogP contribution in [0, 0.1) is 16.6 Å². The van der Waals surface area contributed by atoms with Crippen molar-refractivity contribution in [3.05, 3.63) is 29.8 Å². The van der Waals surface area contributed by atoms with Gasteiger partial charge in [-0.15, -0.1) is 0 Å². The largest absolute Gasteiger partial charge is 0.481 e. The van der Waals surface area contributed by atoms with Gasteiger partial charge in [-0.25, -0.2) is 9.37 Å².